The molecule has 10 heteroatoms. The second-order valence-electron chi connectivity index (χ2n) is 3.41. The van der Waals surface area contributed by atoms with Crippen molar-refractivity contribution in [1.82, 2.24) is 0 Å². The van der Waals surface area contributed by atoms with Crippen LogP contribution in [0.5, 0.6) is 5.75 Å². The molecule has 1 aromatic rings. The largest absolute Gasteiger partial charge is 0.501 e. The van der Waals surface area contributed by atoms with Crippen LogP contribution in [0.25, 0.3) is 0 Å². The van der Waals surface area contributed by atoms with Crippen LogP contribution >= 0.6 is 0 Å². The number of carbonyl (C=O) groups excluding carboxylic acids is 1. The van der Waals surface area contributed by atoms with Crippen LogP contribution in [0.3, 0.4) is 0 Å². The summed E-state index contributed by atoms with van der Waals surface area (Å²) >= 11 is 0. The number of benzene rings is 1. The van der Waals surface area contributed by atoms with Gasteiger partial charge in [-0.05, 0) is 12.1 Å². The van der Waals surface area contributed by atoms with Gasteiger partial charge in [-0.25, -0.2) is 9.59 Å². The number of ether oxygens (including phenoxy) is 1. The van der Waals surface area contributed by atoms with Gasteiger partial charge in [-0.1, -0.05) is 0 Å². The van der Waals surface area contributed by atoms with Gasteiger partial charge >= 0.3 is 28.2 Å². The molecular weight excluding hydrogens is 290 g/mol. The first-order valence-electron chi connectivity index (χ1n) is 4.56. The number of carboxylic acid groups (broad SMARTS) is 1. The number of halogens is 2. The van der Waals surface area contributed by atoms with E-state index < -0.39 is 38.8 Å². The summed E-state index contributed by atoms with van der Waals surface area (Å²) in [6.07, 6.45) is -4.53. The molecule has 2 rings (SSSR count). The Morgan fingerprint density at radius 1 is 1.37 bits per heavy atom. The minimum absolute atomic E-state index is 0.342. The predicted molar refractivity (Wildman–Crippen MR) is 52.3 cm³/mol. The minimum Gasteiger partial charge on any atom is -0.474 e. The third kappa shape index (κ3) is 2.21. The molecule has 0 spiro atoms. The van der Waals surface area contributed by atoms with Gasteiger partial charge in [0.1, 0.15) is 10.6 Å². The van der Waals surface area contributed by atoms with Gasteiger partial charge in [0.05, 0.1) is 5.56 Å². The van der Waals surface area contributed by atoms with Crippen molar-refractivity contribution in [2.45, 2.75) is 11.0 Å². The molecule has 0 aliphatic carbocycles. The molecular formula is C9H4F2O7S. The maximum absolute atomic E-state index is 12.8. The molecule has 19 heavy (non-hydrogen) atoms. The van der Waals surface area contributed by atoms with E-state index >= 15 is 0 Å². The van der Waals surface area contributed by atoms with Crippen molar-refractivity contribution in [2.75, 3.05) is 0 Å². The maximum Gasteiger partial charge on any atom is 0.501 e. The van der Waals surface area contributed by atoms with Gasteiger partial charge < -0.3 is 14.0 Å². The molecule has 0 unspecified atom stereocenters. The average Bonchev–Trinajstić information content (AvgIpc) is 2.48. The second-order valence-corrected chi connectivity index (χ2v) is 4.92. The first kappa shape index (κ1) is 13.2. The molecule has 0 atom stereocenters. The average molecular weight is 294 g/mol. The van der Waals surface area contributed by atoms with Crippen LogP contribution in [0.15, 0.2) is 23.1 Å². The van der Waals surface area contributed by atoms with Crippen LogP contribution in [-0.2, 0) is 19.1 Å². The van der Waals surface area contributed by atoms with Gasteiger partial charge in [0, 0.05) is 6.07 Å². The van der Waals surface area contributed by atoms with Gasteiger partial charge in [-0.3, -0.25) is 0 Å². The van der Waals surface area contributed by atoms with E-state index in [0.29, 0.717) is 6.07 Å². The van der Waals surface area contributed by atoms with Crippen molar-refractivity contribution < 1.29 is 40.8 Å². The fourth-order valence-electron chi connectivity index (χ4n) is 1.32. The van der Waals surface area contributed by atoms with Crippen LogP contribution in [0.4, 0.5) is 8.78 Å². The van der Waals surface area contributed by atoms with Crippen LogP contribution in [0.1, 0.15) is 10.4 Å². The second kappa shape index (κ2) is 3.88. The minimum atomic E-state index is -4.53. The summed E-state index contributed by atoms with van der Waals surface area (Å²) in [5.41, 5.74) is -0.342. The zero-order valence-corrected chi connectivity index (χ0v) is 9.61. The van der Waals surface area contributed by atoms with Crippen LogP contribution in [0.2, 0.25) is 0 Å². The van der Waals surface area contributed by atoms with Crippen molar-refractivity contribution in [3.05, 3.63) is 23.8 Å². The van der Waals surface area contributed by atoms with Crippen molar-refractivity contribution in [1.29, 1.82) is 0 Å². The fourth-order valence-corrected chi connectivity index (χ4v) is 2.38. The molecule has 1 aliphatic rings. The van der Waals surface area contributed by atoms with E-state index in [2.05, 4.69) is 8.92 Å². The Bertz CT molecular complexity index is 680. The highest BCUT2D eigenvalue weighted by molar-refractivity contribution is 7.87. The lowest BCUT2D eigenvalue weighted by atomic mass is 10.2. The van der Waals surface area contributed by atoms with E-state index in [1.807, 2.05) is 0 Å². The van der Waals surface area contributed by atoms with E-state index in [9.17, 15) is 26.8 Å². The fraction of sp³-hybridized carbons (Fsp3) is 0.111. The number of alkyl halides is 2. The maximum atomic E-state index is 12.8. The highest BCUT2D eigenvalue weighted by Crippen LogP contribution is 2.32. The monoisotopic (exact) mass is 294 g/mol. The Labute approximate surface area is 104 Å². The summed E-state index contributed by atoms with van der Waals surface area (Å²) < 4.78 is 56.1. The van der Waals surface area contributed by atoms with Gasteiger partial charge in [-0.15, -0.1) is 0 Å². The molecule has 1 aliphatic heterocycles. The summed E-state index contributed by atoms with van der Waals surface area (Å²) in [6.45, 7) is 0. The smallest absolute Gasteiger partial charge is 0.474 e. The third-order valence-electron chi connectivity index (χ3n) is 2.12. The topological polar surface area (TPSA) is 107 Å². The van der Waals surface area contributed by atoms with E-state index in [-0.39, 0.29) is 5.56 Å². The lowest BCUT2D eigenvalue weighted by molar-refractivity contribution is -0.210. The van der Waals surface area contributed by atoms with Crippen molar-refractivity contribution in [3.63, 3.8) is 0 Å². The Hall–Kier alpha value is -2.23. The Kier molecular flexibility index (Phi) is 2.70. The zero-order valence-electron chi connectivity index (χ0n) is 8.79. The number of fused-ring (bicyclic) bond motifs is 1. The van der Waals surface area contributed by atoms with Crippen molar-refractivity contribution in [2.24, 2.45) is 0 Å². The first-order chi connectivity index (χ1) is 8.63. The third-order valence-corrected chi connectivity index (χ3v) is 3.37. The molecule has 0 bridgehead atoms. The first-order valence-corrected chi connectivity index (χ1v) is 5.97. The summed E-state index contributed by atoms with van der Waals surface area (Å²) in [6, 6.07) is 2.31. The summed E-state index contributed by atoms with van der Waals surface area (Å²) in [7, 11) is -4.37. The van der Waals surface area contributed by atoms with E-state index in [1.165, 1.54) is 0 Å². The lowest BCUT2D eigenvalue weighted by Crippen LogP contribution is -2.34. The molecule has 7 nitrogen and oxygen atoms in total. The summed E-state index contributed by atoms with van der Waals surface area (Å²) in [5, 5.41) is 8.17. The Morgan fingerprint density at radius 2 is 2.00 bits per heavy atom. The molecule has 0 saturated heterocycles. The number of aliphatic carboxylic acids is 1. The van der Waals surface area contributed by atoms with Gasteiger partial charge in [0.15, 0.2) is 0 Å². The van der Waals surface area contributed by atoms with Crippen molar-refractivity contribution in [3.8, 4) is 5.75 Å². The number of carboxylic acids is 1. The van der Waals surface area contributed by atoms with E-state index in [0.717, 1.165) is 12.1 Å². The van der Waals surface area contributed by atoms with E-state index in [4.69, 9.17) is 5.11 Å². The zero-order chi connectivity index (χ0) is 14.4. The molecule has 0 fully saturated rings. The number of rotatable bonds is 3. The molecule has 0 aromatic heterocycles. The SMILES string of the molecule is O=C1OS(=O)(=O)c2cc(OC(F)(F)C(=O)O)ccc21. The molecule has 0 saturated carbocycles. The number of hydrogen-bond donors (Lipinski definition) is 1. The van der Waals surface area contributed by atoms with Gasteiger partial charge in [0.2, 0.25) is 0 Å². The molecule has 1 aromatic carbocycles. The molecule has 102 valence electrons. The summed E-state index contributed by atoms with van der Waals surface area (Å²) in [4.78, 5) is 20.6. The molecule has 1 N–H and O–H groups in total. The highest BCUT2D eigenvalue weighted by atomic mass is 32.2. The molecule has 0 amide bonds. The Morgan fingerprint density at radius 3 is 2.58 bits per heavy atom. The lowest BCUT2D eigenvalue weighted by Gasteiger charge is -2.13. The van der Waals surface area contributed by atoms with Gasteiger partial charge in [0.25, 0.3) is 0 Å². The highest BCUT2D eigenvalue weighted by Gasteiger charge is 2.43. The molecule has 0 radical (unpaired) electrons. The number of hydrogen-bond acceptors (Lipinski definition) is 6. The normalized spacial score (nSPS) is 16.6. The molecule has 1 heterocycles. The number of carbonyl (C=O) groups is 2. The van der Waals surface area contributed by atoms with Crippen LogP contribution < -0.4 is 4.74 Å². The quantitative estimate of drug-likeness (QED) is 0.813. The van der Waals surface area contributed by atoms with Crippen LogP contribution in [-0.4, -0.2) is 31.6 Å². The Balaban J connectivity index is 2.44. The van der Waals surface area contributed by atoms with Crippen molar-refractivity contribution >= 4 is 22.1 Å². The predicted octanol–water partition coefficient (Wildman–Crippen LogP) is 0.602. The van der Waals surface area contributed by atoms with Gasteiger partial charge in [-0.2, -0.15) is 17.2 Å². The summed E-state index contributed by atoms with van der Waals surface area (Å²) in [5.74, 6) is -4.41. The van der Waals surface area contributed by atoms with E-state index in [1.54, 1.807) is 0 Å². The standard InChI is InChI=1S/C9H4F2O7S/c10-9(11,8(13)14)17-4-1-2-5-6(3-4)19(15,16)18-7(5)12/h1-3H,(H,13,14). The van der Waals surface area contributed by atoms with Crippen LogP contribution in [0, 0.1) is 0 Å².